The second kappa shape index (κ2) is 17.2. The first-order valence-electron chi connectivity index (χ1n) is 16.4. The number of rotatable bonds is 16. The number of esters is 3. The predicted octanol–water partition coefficient (Wildman–Crippen LogP) is 5.80. The van der Waals surface area contributed by atoms with Gasteiger partial charge in [-0.3, -0.25) is 19.2 Å². The van der Waals surface area contributed by atoms with E-state index in [0.29, 0.717) is 11.1 Å². The molecule has 1 fully saturated rings. The molecule has 17 heteroatoms. The fourth-order valence-electron chi connectivity index (χ4n) is 5.69. The Morgan fingerprint density at radius 2 is 1.44 bits per heavy atom. The van der Waals surface area contributed by atoms with Crippen LogP contribution in [0.5, 0.6) is 5.75 Å². The zero-order valence-electron chi connectivity index (χ0n) is 29.2. The Kier molecular flexibility index (Phi) is 13.2. The Balaban J connectivity index is 1.59. The van der Waals surface area contributed by atoms with E-state index in [-0.39, 0.29) is 30.9 Å². The molecule has 0 saturated carbocycles. The molecule has 0 bridgehead atoms. The van der Waals surface area contributed by atoms with Crippen molar-refractivity contribution in [2.45, 2.75) is 63.3 Å². The first kappa shape index (κ1) is 41.5. The van der Waals surface area contributed by atoms with E-state index in [1.54, 1.807) is 30.3 Å². The summed E-state index contributed by atoms with van der Waals surface area (Å²) in [6, 6.07) is 16.2. The molecule has 4 rings (SSSR count). The lowest BCUT2D eigenvalue weighted by Gasteiger charge is -2.48. The molecule has 1 aliphatic heterocycles. The summed E-state index contributed by atoms with van der Waals surface area (Å²) >= 11 is 0. The molecule has 1 N–H and O–H groups in total. The van der Waals surface area contributed by atoms with Crippen LogP contribution in [0.2, 0.25) is 0 Å². The molecule has 1 amide bonds. The highest BCUT2D eigenvalue weighted by Crippen LogP contribution is 2.47. The summed E-state index contributed by atoms with van der Waals surface area (Å²) in [6.07, 6.45) is 2.81. The number of β-lactam (4-membered cyclic amide) rings is 1. The first-order chi connectivity index (χ1) is 25.3. The topological polar surface area (TPSA) is 163 Å². The maximum Gasteiger partial charge on any atom is 0.534 e. The molecule has 0 aromatic heterocycles. The summed E-state index contributed by atoms with van der Waals surface area (Å²) < 4.78 is 94.7. The molecule has 290 valence electrons. The molecule has 1 aliphatic rings. The van der Waals surface area contributed by atoms with E-state index in [1.807, 2.05) is 0 Å². The third-order valence-corrected chi connectivity index (χ3v) is 9.24. The number of allylic oxidation sites excluding steroid dienone is 1. The van der Waals surface area contributed by atoms with Crippen molar-refractivity contribution in [1.29, 1.82) is 0 Å². The van der Waals surface area contributed by atoms with Gasteiger partial charge < -0.3 is 28.4 Å². The SMILES string of the molecule is CC(=O)OCC(O)(C=CCc1ccc([C@@H]2[C@@H](CCC(OC(C)=O)c3ccc(F)cc3)C(=O)N2c2ccc(OS(=O)(=O)C(F)(F)F)cc2)cc1)COC(C)=O. The summed E-state index contributed by atoms with van der Waals surface area (Å²) in [5.41, 5.74) is -5.27. The van der Waals surface area contributed by atoms with Gasteiger partial charge in [0.25, 0.3) is 0 Å². The van der Waals surface area contributed by atoms with Gasteiger partial charge in [-0.2, -0.15) is 21.6 Å². The van der Waals surface area contributed by atoms with E-state index in [2.05, 4.69) is 4.18 Å². The minimum atomic E-state index is -5.93. The number of carbonyl (C=O) groups excluding carboxylic acids is 4. The number of ether oxygens (including phenoxy) is 3. The second-order valence-electron chi connectivity index (χ2n) is 12.5. The van der Waals surface area contributed by atoms with Gasteiger partial charge in [-0.05, 0) is 78.4 Å². The molecular formula is C37H37F4NO11S. The van der Waals surface area contributed by atoms with Crippen molar-refractivity contribution < 1.29 is 68.7 Å². The lowest BCUT2D eigenvalue weighted by Crippen LogP contribution is -2.55. The lowest BCUT2D eigenvalue weighted by molar-refractivity contribution is -0.155. The maximum atomic E-state index is 13.7. The normalized spacial score (nSPS) is 16.7. The Hall–Kier alpha value is -5.29. The Morgan fingerprint density at radius 3 is 1.96 bits per heavy atom. The molecule has 0 aliphatic carbocycles. The van der Waals surface area contributed by atoms with Gasteiger partial charge in [0.15, 0.2) is 5.60 Å². The number of hydrogen-bond acceptors (Lipinski definition) is 11. The Labute approximate surface area is 308 Å². The minimum absolute atomic E-state index is 0.181. The highest BCUT2D eigenvalue weighted by molar-refractivity contribution is 7.88. The van der Waals surface area contributed by atoms with Crippen molar-refractivity contribution in [3.63, 3.8) is 0 Å². The molecule has 54 heavy (non-hydrogen) atoms. The molecule has 0 radical (unpaired) electrons. The van der Waals surface area contributed by atoms with E-state index in [9.17, 15) is 50.3 Å². The summed E-state index contributed by atoms with van der Waals surface area (Å²) in [5, 5.41) is 10.9. The van der Waals surface area contributed by atoms with Crippen molar-refractivity contribution in [1.82, 2.24) is 0 Å². The molecule has 3 atom stereocenters. The zero-order valence-corrected chi connectivity index (χ0v) is 30.1. The smallest absolute Gasteiger partial charge is 0.462 e. The minimum Gasteiger partial charge on any atom is -0.462 e. The van der Waals surface area contributed by atoms with Crippen molar-refractivity contribution in [3.05, 3.63) is 107 Å². The number of carbonyl (C=O) groups is 4. The van der Waals surface area contributed by atoms with Gasteiger partial charge in [-0.15, -0.1) is 0 Å². The quantitative estimate of drug-likeness (QED) is 0.0356. The van der Waals surface area contributed by atoms with Crippen LogP contribution in [-0.4, -0.2) is 61.7 Å². The molecule has 1 heterocycles. The van der Waals surface area contributed by atoms with Crippen molar-refractivity contribution >= 4 is 39.6 Å². The van der Waals surface area contributed by atoms with Crippen LogP contribution in [0, 0.1) is 11.7 Å². The molecule has 12 nitrogen and oxygen atoms in total. The third kappa shape index (κ3) is 10.9. The van der Waals surface area contributed by atoms with Gasteiger partial charge >= 0.3 is 33.5 Å². The maximum absolute atomic E-state index is 13.7. The molecule has 3 aromatic rings. The van der Waals surface area contributed by atoms with Crippen LogP contribution in [0.4, 0.5) is 23.2 Å². The molecule has 0 spiro atoms. The Bertz CT molecular complexity index is 1930. The zero-order chi connectivity index (χ0) is 39.8. The number of nitrogens with zero attached hydrogens (tertiary/aromatic N) is 1. The molecule has 1 unspecified atom stereocenters. The van der Waals surface area contributed by atoms with Crippen LogP contribution in [0.3, 0.4) is 0 Å². The van der Waals surface area contributed by atoms with Crippen LogP contribution in [0.15, 0.2) is 84.9 Å². The van der Waals surface area contributed by atoms with Gasteiger partial charge in [0, 0.05) is 26.5 Å². The summed E-state index contributed by atoms with van der Waals surface area (Å²) in [4.78, 5) is 49.6. The second-order valence-corrected chi connectivity index (χ2v) is 14.0. The van der Waals surface area contributed by atoms with Crippen LogP contribution >= 0.6 is 0 Å². The first-order valence-corrected chi connectivity index (χ1v) is 17.8. The fraction of sp³-hybridized carbons (Fsp3) is 0.351. The van der Waals surface area contributed by atoms with Crippen molar-refractivity contribution in [3.8, 4) is 5.75 Å². The van der Waals surface area contributed by atoms with Crippen LogP contribution < -0.4 is 9.08 Å². The van der Waals surface area contributed by atoms with Gasteiger partial charge in [-0.25, -0.2) is 4.39 Å². The number of benzene rings is 3. The van der Waals surface area contributed by atoms with E-state index in [4.69, 9.17) is 14.2 Å². The highest BCUT2D eigenvalue weighted by atomic mass is 32.2. The number of aliphatic hydroxyl groups is 1. The summed E-state index contributed by atoms with van der Waals surface area (Å²) in [6.45, 7) is 2.64. The fourth-order valence-corrected chi connectivity index (χ4v) is 6.15. The average molecular weight is 780 g/mol. The number of halogens is 4. The van der Waals surface area contributed by atoms with Gasteiger partial charge in [0.1, 0.15) is 30.9 Å². The van der Waals surface area contributed by atoms with Crippen LogP contribution in [0.1, 0.15) is 62.4 Å². The molecule has 3 aromatic carbocycles. The summed E-state index contributed by atoms with van der Waals surface area (Å²) in [7, 11) is -5.93. The van der Waals surface area contributed by atoms with Gasteiger partial charge in [0.2, 0.25) is 5.91 Å². The number of alkyl halides is 3. The Morgan fingerprint density at radius 1 is 0.870 bits per heavy atom. The molecular weight excluding hydrogens is 742 g/mol. The van der Waals surface area contributed by atoms with Crippen LogP contribution in [-0.2, 0) is 49.9 Å². The van der Waals surface area contributed by atoms with Gasteiger partial charge in [-0.1, -0.05) is 42.5 Å². The van der Waals surface area contributed by atoms with Crippen molar-refractivity contribution in [2.75, 3.05) is 18.1 Å². The average Bonchev–Trinajstić information content (AvgIpc) is 3.09. The summed E-state index contributed by atoms with van der Waals surface area (Å²) in [5.74, 6) is -4.02. The number of anilines is 1. The van der Waals surface area contributed by atoms with E-state index in [0.717, 1.165) is 31.5 Å². The third-order valence-electron chi connectivity index (χ3n) is 8.26. The van der Waals surface area contributed by atoms with Crippen molar-refractivity contribution in [2.24, 2.45) is 5.92 Å². The largest absolute Gasteiger partial charge is 0.534 e. The monoisotopic (exact) mass is 779 g/mol. The van der Waals surface area contributed by atoms with E-state index in [1.165, 1.54) is 54.3 Å². The molecule has 1 saturated heterocycles. The highest BCUT2D eigenvalue weighted by Gasteiger charge is 2.50. The predicted molar refractivity (Wildman–Crippen MR) is 183 cm³/mol. The van der Waals surface area contributed by atoms with E-state index < -0.39 is 82.0 Å². The number of amides is 1. The van der Waals surface area contributed by atoms with E-state index >= 15 is 0 Å². The lowest BCUT2D eigenvalue weighted by atomic mass is 9.78. The standard InChI is InChI=1S/C37H37F4NO11S/c1-23(43)50-21-36(47,22-51-24(2)44)20-4-5-26-6-8-28(9-7-26)34-32(18-19-33(52-25(3)45)27-10-12-29(38)13-11-27)35(46)42(34)30-14-16-31(17-15-30)53-54(48,49)37(39,40)41/h4,6-17,20,32-34,47H,5,18-19,21-22H2,1-3H3/t32-,33?,34-/m1/s1. The number of hydrogen-bond donors (Lipinski definition) is 1. The van der Waals surface area contributed by atoms with Gasteiger partial charge in [0.05, 0.1) is 12.0 Å². The van der Waals surface area contributed by atoms with Crippen LogP contribution in [0.25, 0.3) is 0 Å².